The van der Waals surface area contributed by atoms with Gasteiger partial charge in [-0.1, -0.05) is 38.8 Å². The molecule has 3 N–H and O–H groups in total. The van der Waals surface area contributed by atoms with Crippen LogP contribution in [0.2, 0.25) is 0 Å². The van der Waals surface area contributed by atoms with Crippen LogP contribution in [0.3, 0.4) is 0 Å². The van der Waals surface area contributed by atoms with E-state index in [1.165, 1.54) is 19.9 Å². The fourth-order valence-electron chi connectivity index (χ4n) is 2.20. The van der Waals surface area contributed by atoms with Crippen LogP contribution in [0.1, 0.15) is 38.7 Å². The highest BCUT2D eigenvalue weighted by Gasteiger charge is 2.10. The molecule has 0 aromatic heterocycles. The smallest absolute Gasteiger partial charge is 0.240 e. The van der Waals surface area contributed by atoms with E-state index in [2.05, 4.69) is 34.2 Å². The van der Waals surface area contributed by atoms with Crippen molar-refractivity contribution in [3.8, 4) is 0 Å². The van der Waals surface area contributed by atoms with E-state index in [1.54, 1.807) is 31.3 Å². The van der Waals surface area contributed by atoms with Crippen molar-refractivity contribution in [3.63, 3.8) is 0 Å². The quantitative estimate of drug-likeness (QED) is 0.360. The second-order valence-electron chi connectivity index (χ2n) is 6.09. The molecule has 0 fully saturated rings. The Morgan fingerprint density at radius 1 is 1.12 bits per heavy atom. The summed E-state index contributed by atoms with van der Waals surface area (Å²) >= 11 is 0. The number of sulfonamides is 1. The highest BCUT2D eigenvalue weighted by molar-refractivity contribution is 7.89. The van der Waals surface area contributed by atoms with Crippen LogP contribution in [-0.2, 0) is 16.6 Å². The first-order chi connectivity index (χ1) is 11.4. The Labute approximate surface area is 146 Å². The van der Waals surface area contributed by atoms with Crippen molar-refractivity contribution in [2.24, 2.45) is 10.9 Å². The summed E-state index contributed by atoms with van der Waals surface area (Å²) in [6, 6.07) is 6.80. The molecule has 0 aliphatic carbocycles. The van der Waals surface area contributed by atoms with Gasteiger partial charge in [0.05, 0.1) is 4.90 Å². The van der Waals surface area contributed by atoms with Gasteiger partial charge < -0.3 is 10.6 Å². The number of hydrogen-bond acceptors (Lipinski definition) is 3. The van der Waals surface area contributed by atoms with Crippen LogP contribution in [0.15, 0.2) is 34.2 Å². The van der Waals surface area contributed by atoms with Gasteiger partial charge in [0.25, 0.3) is 0 Å². The Morgan fingerprint density at radius 3 is 2.33 bits per heavy atom. The first-order valence-corrected chi connectivity index (χ1v) is 9.84. The average Bonchev–Trinajstić information content (AvgIpc) is 2.57. The number of aliphatic imine (C=N–C) groups is 1. The van der Waals surface area contributed by atoms with Gasteiger partial charge in [0.15, 0.2) is 5.96 Å². The summed E-state index contributed by atoms with van der Waals surface area (Å²) in [7, 11) is -0.235. The summed E-state index contributed by atoms with van der Waals surface area (Å²) in [5.41, 5.74) is 0.993. The van der Waals surface area contributed by atoms with E-state index in [9.17, 15) is 8.42 Å². The molecule has 0 aliphatic heterocycles. The van der Waals surface area contributed by atoms with Gasteiger partial charge in [0, 0.05) is 20.1 Å². The van der Waals surface area contributed by atoms with Crippen molar-refractivity contribution >= 4 is 16.0 Å². The number of nitrogens with zero attached hydrogens (tertiary/aromatic N) is 1. The van der Waals surface area contributed by atoms with Crippen molar-refractivity contribution < 1.29 is 8.42 Å². The van der Waals surface area contributed by atoms with Crippen LogP contribution in [0, 0.1) is 5.92 Å². The molecule has 24 heavy (non-hydrogen) atoms. The Hall–Kier alpha value is -1.60. The summed E-state index contributed by atoms with van der Waals surface area (Å²) in [4.78, 5) is 4.46. The number of hydrogen-bond donors (Lipinski definition) is 3. The van der Waals surface area contributed by atoms with E-state index in [0.717, 1.165) is 30.4 Å². The average molecular weight is 355 g/mol. The van der Waals surface area contributed by atoms with Gasteiger partial charge in [-0.25, -0.2) is 13.1 Å². The molecule has 0 unspecified atom stereocenters. The predicted octanol–water partition coefficient (Wildman–Crippen LogP) is 2.09. The topological polar surface area (TPSA) is 82.6 Å². The zero-order valence-electron chi connectivity index (χ0n) is 15.1. The Kier molecular flexibility index (Phi) is 8.78. The van der Waals surface area contributed by atoms with Gasteiger partial charge in [-0.05, 0) is 37.1 Å². The maximum Gasteiger partial charge on any atom is 0.240 e. The largest absolute Gasteiger partial charge is 0.356 e. The summed E-state index contributed by atoms with van der Waals surface area (Å²) in [5, 5.41) is 6.52. The lowest BCUT2D eigenvalue weighted by molar-refractivity contribution is 0.534. The maximum atomic E-state index is 11.7. The molecule has 136 valence electrons. The Balaban J connectivity index is 2.41. The molecule has 7 heteroatoms. The molecule has 1 aromatic carbocycles. The molecule has 6 nitrogen and oxygen atoms in total. The number of nitrogens with one attached hydrogen (secondary N) is 3. The van der Waals surface area contributed by atoms with E-state index in [-0.39, 0.29) is 4.90 Å². The van der Waals surface area contributed by atoms with E-state index in [1.807, 2.05) is 0 Å². The Morgan fingerprint density at radius 2 is 1.79 bits per heavy atom. The molecule has 0 aliphatic rings. The molecule has 0 spiro atoms. The molecule has 0 bridgehead atoms. The van der Waals surface area contributed by atoms with Crippen LogP contribution in [-0.4, -0.2) is 35.0 Å². The SMILES string of the molecule is CN=C(NCCCCC(C)C)NCc1ccc(S(=O)(=O)NC)cc1. The first-order valence-electron chi connectivity index (χ1n) is 8.36. The zero-order valence-corrected chi connectivity index (χ0v) is 15.9. The van der Waals surface area contributed by atoms with Crippen molar-refractivity contribution in [2.45, 2.75) is 44.6 Å². The van der Waals surface area contributed by atoms with Crippen LogP contribution in [0.25, 0.3) is 0 Å². The molecular formula is C17H30N4O2S. The van der Waals surface area contributed by atoms with Crippen LogP contribution < -0.4 is 15.4 Å². The van der Waals surface area contributed by atoms with Gasteiger partial charge in [0.1, 0.15) is 0 Å². The standard InChI is InChI=1S/C17H30N4O2S/c1-14(2)7-5-6-12-20-17(18-3)21-13-15-8-10-16(11-9-15)24(22,23)19-4/h8-11,14,19H,5-7,12-13H2,1-4H3,(H2,18,20,21). The van der Waals surface area contributed by atoms with Crippen molar-refractivity contribution in [3.05, 3.63) is 29.8 Å². The molecule has 0 heterocycles. The number of benzene rings is 1. The van der Waals surface area contributed by atoms with Crippen molar-refractivity contribution in [1.29, 1.82) is 0 Å². The summed E-state index contributed by atoms with van der Waals surface area (Å²) in [6.07, 6.45) is 3.58. The number of unbranched alkanes of at least 4 members (excludes halogenated alkanes) is 1. The molecule has 0 saturated heterocycles. The Bertz CT molecular complexity index is 610. The van der Waals surface area contributed by atoms with E-state index in [0.29, 0.717) is 6.54 Å². The lowest BCUT2D eigenvalue weighted by Gasteiger charge is -2.12. The zero-order chi connectivity index (χ0) is 18.0. The highest BCUT2D eigenvalue weighted by Crippen LogP contribution is 2.10. The third-order valence-corrected chi connectivity index (χ3v) is 5.12. The van der Waals surface area contributed by atoms with Gasteiger partial charge in [-0.2, -0.15) is 0 Å². The van der Waals surface area contributed by atoms with Crippen LogP contribution in [0.5, 0.6) is 0 Å². The van der Waals surface area contributed by atoms with E-state index >= 15 is 0 Å². The predicted molar refractivity (Wildman–Crippen MR) is 99.6 cm³/mol. The van der Waals surface area contributed by atoms with Gasteiger partial charge in [0.2, 0.25) is 10.0 Å². The lowest BCUT2D eigenvalue weighted by atomic mass is 10.1. The minimum atomic E-state index is -3.38. The monoisotopic (exact) mass is 354 g/mol. The number of guanidine groups is 1. The molecule has 0 saturated carbocycles. The van der Waals surface area contributed by atoms with Crippen LogP contribution >= 0.6 is 0 Å². The van der Waals surface area contributed by atoms with E-state index in [4.69, 9.17) is 0 Å². The highest BCUT2D eigenvalue weighted by atomic mass is 32.2. The molecular weight excluding hydrogens is 324 g/mol. The first kappa shape index (κ1) is 20.4. The summed E-state index contributed by atoms with van der Waals surface area (Å²) < 4.78 is 25.7. The normalized spacial score (nSPS) is 12.5. The molecule has 1 rings (SSSR count). The van der Waals surface area contributed by atoms with Crippen molar-refractivity contribution in [1.82, 2.24) is 15.4 Å². The second-order valence-corrected chi connectivity index (χ2v) is 7.98. The molecule has 1 aromatic rings. The van der Waals surface area contributed by atoms with Crippen molar-refractivity contribution in [2.75, 3.05) is 20.6 Å². The summed E-state index contributed by atoms with van der Waals surface area (Å²) in [5.74, 6) is 1.50. The third-order valence-electron chi connectivity index (χ3n) is 3.69. The van der Waals surface area contributed by atoms with Crippen LogP contribution in [0.4, 0.5) is 0 Å². The van der Waals surface area contributed by atoms with Gasteiger partial charge in [-0.3, -0.25) is 4.99 Å². The minimum Gasteiger partial charge on any atom is -0.356 e. The summed E-state index contributed by atoms with van der Waals surface area (Å²) in [6.45, 7) is 5.96. The minimum absolute atomic E-state index is 0.265. The number of rotatable bonds is 9. The fraction of sp³-hybridized carbons (Fsp3) is 0.588. The fourth-order valence-corrected chi connectivity index (χ4v) is 2.93. The molecule has 0 amide bonds. The molecule has 0 atom stereocenters. The molecule has 0 radical (unpaired) electrons. The van der Waals surface area contributed by atoms with E-state index < -0.39 is 10.0 Å². The lowest BCUT2D eigenvalue weighted by Crippen LogP contribution is -2.37. The van der Waals surface area contributed by atoms with Gasteiger partial charge in [-0.15, -0.1) is 0 Å². The third kappa shape index (κ3) is 7.31. The second kappa shape index (κ2) is 10.3. The van der Waals surface area contributed by atoms with Gasteiger partial charge >= 0.3 is 0 Å². The maximum absolute atomic E-state index is 11.7.